The average molecular weight is 400 g/mol. The van der Waals surface area contributed by atoms with Crippen LogP contribution in [0.25, 0.3) is 22.0 Å². The van der Waals surface area contributed by atoms with Gasteiger partial charge in [0.05, 0.1) is 5.69 Å². The van der Waals surface area contributed by atoms with Crippen molar-refractivity contribution in [3.63, 3.8) is 0 Å². The standard InChI is InChI=1S/C23H21N5S/c24-19-8-6-16(7-9-19)22-25-12-18-14-28(11-10-21(18)27-22)15-20-13-26-23(29-20)17-4-2-1-3-5-17/h1-9,12-13H,10-11,14-15,24H2. The van der Waals surface area contributed by atoms with E-state index in [1.54, 1.807) is 11.3 Å². The smallest absolute Gasteiger partial charge is 0.159 e. The molecule has 4 aromatic rings. The van der Waals surface area contributed by atoms with Gasteiger partial charge in [-0.15, -0.1) is 11.3 Å². The van der Waals surface area contributed by atoms with Gasteiger partial charge in [0, 0.05) is 65.7 Å². The Morgan fingerprint density at radius 2 is 1.76 bits per heavy atom. The van der Waals surface area contributed by atoms with Crippen LogP contribution in [-0.4, -0.2) is 26.4 Å². The molecule has 144 valence electrons. The molecule has 0 unspecified atom stereocenters. The van der Waals surface area contributed by atoms with Crippen LogP contribution >= 0.6 is 11.3 Å². The number of hydrogen-bond acceptors (Lipinski definition) is 6. The highest BCUT2D eigenvalue weighted by Crippen LogP contribution is 2.27. The molecule has 3 heterocycles. The van der Waals surface area contributed by atoms with E-state index < -0.39 is 0 Å². The Kier molecular flexibility index (Phi) is 4.79. The van der Waals surface area contributed by atoms with Gasteiger partial charge in [-0.1, -0.05) is 30.3 Å². The first-order valence-corrected chi connectivity index (χ1v) is 10.5. The van der Waals surface area contributed by atoms with E-state index in [9.17, 15) is 0 Å². The predicted molar refractivity (Wildman–Crippen MR) is 117 cm³/mol. The fourth-order valence-corrected chi connectivity index (χ4v) is 4.56. The number of nitrogen functional groups attached to an aromatic ring is 1. The summed E-state index contributed by atoms with van der Waals surface area (Å²) in [5.74, 6) is 0.771. The highest BCUT2D eigenvalue weighted by Gasteiger charge is 2.20. The number of hydrogen-bond donors (Lipinski definition) is 1. The number of anilines is 1. The molecule has 6 heteroatoms. The van der Waals surface area contributed by atoms with E-state index in [0.717, 1.165) is 53.8 Å². The van der Waals surface area contributed by atoms with Gasteiger partial charge < -0.3 is 5.73 Å². The summed E-state index contributed by atoms with van der Waals surface area (Å²) in [6.45, 7) is 2.77. The first-order valence-electron chi connectivity index (χ1n) is 9.68. The topological polar surface area (TPSA) is 67.9 Å². The second kappa shape index (κ2) is 7.73. The first kappa shape index (κ1) is 18.0. The molecule has 0 saturated heterocycles. The molecule has 0 saturated carbocycles. The van der Waals surface area contributed by atoms with Crippen molar-refractivity contribution in [3.8, 4) is 22.0 Å². The van der Waals surface area contributed by atoms with Crippen molar-refractivity contribution < 1.29 is 0 Å². The van der Waals surface area contributed by atoms with Gasteiger partial charge in [-0.05, 0) is 24.3 Å². The van der Waals surface area contributed by atoms with Crippen LogP contribution in [0.4, 0.5) is 5.69 Å². The molecule has 29 heavy (non-hydrogen) atoms. The Hall–Kier alpha value is -3.09. The van der Waals surface area contributed by atoms with Crippen LogP contribution in [0.5, 0.6) is 0 Å². The SMILES string of the molecule is Nc1ccc(-c2ncc3c(n2)CCN(Cc2cnc(-c4ccccc4)s2)C3)cc1. The van der Waals surface area contributed by atoms with E-state index in [-0.39, 0.29) is 0 Å². The van der Waals surface area contributed by atoms with Gasteiger partial charge in [-0.25, -0.2) is 15.0 Å². The number of rotatable bonds is 4. The number of benzene rings is 2. The molecule has 0 radical (unpaired) electrons. The highest BCUT2D eigenvalue weighted by atomic mass is 32.1. The normalized spacial score (nSPS) is 13.9. The third-order valence-electron chi connectivity index (χ3n) is 5.14. The Bertz CT molecular complexity index is 1120. The van der Waals surface area contributed by atoms with Gasteiger partial charge in [0.15, 0.2) is 5.82 Å². The van der Waals surface area contributed by atoms with Crippen molar-refractivity contribution >= 4 is 17.0 Å². The number of nitrogens with zero attached hydrogens (tertiary/aromatic N) is 4. The number of nitrogens with two attached hydrogens (primary N) is 1. The maximum atomic E-state index is 5.78. The van der Waals surface area contributed by atoms with Crippen LogP contribution in [0.15, 0.2) is 67.0 Å². The molecule has 2 aromatic carbocycles. The summed E-state index contributed by atoms with van der Waals surface area (Å²) in [6.07, 6.45) is 4.91. The zero-order valence-electron chi connectivity index (χ0n) is 16.0. The van der Waals surface area contributed by atoms with Gasteiger partial charge >= 0.3 is 0 Å². The van der Waals surface area contributed by atoms with Crippen LogP contribution in [0, 0.1) is 0 Å². The Morgan fingerprint density at radius 3 is 2.59 bits per heavy atom. The second-order valence-electron chi connectivity index (χ2n) is 7.25. The van der Waals surface area contributed by atoms with Crippen molar-refractivity contribution in [3.05, 3.63) is 83.1 Å². The van der Waals surface area contributed by atoms with Gasteiger partial charge in [-0.3, -0.25) is 4.90 Å². The van der Waals surface area contributed by atoms with E-state index >= 15 is 0 Å². The monoisotopic (exact) mass is 399 g/mol. The molecule has 0 atom stereocenters. The lowest BCUT2D eigenvalue weighted by Crippen LogP contribution is -2.30. The van der Waals surface area contributed by atoms with Crippen molar-refractivity contribution in [2.24, 2.45) is 0 Å². The molecular formula is C23H21N5S. The molecule has 0 aliphatic carbocycles. The quantitative estimate of drug-likeness (QED) is 0.515. The van der Waals surface area contributed by atoms with Gasteiger partial charge in [0.1, 0.15) is 5.01 Å². The lowest BCUT2D eigenvalue weighted by Gasteiger charge is -2.27. The fraction of sp³-hybridized carbons (Fsp3) is 0.174. The zero-order chi connectivity index (χ0) is 19.6. The molecular weight excluding hydrogens is 378 g/mol. The lowest BCUT2D eigenvalue weighted by molar-refractivity contribution is 0.245. The molecule has 2 aromatic heterocycles. The van der Waals surface area contributed by atoms with Crippen LogP contribution in [0.2, 0.25) is 0 Å². The predicted octanol–water partition coefficient (Wildman–Crippen LogP) is 4.41. The van der Waals surface area contributed by atoms with E-state index in [1.165, 1.54) is 16.0 Å². The Morgan fingerprint density at radius 1 is 0.931 bits per heavy atom. The average Bonchev–Trinajstić information content (AvgIpc) is 3.23. The number of fused-ring (bicyclic) bond motifs is 1. The summed E-state index contributed by atoms with van der Waals surface area (Å²) in [4.78, 5) is 17.7. The molecule has 5 rings (SSSR count). The fourth-order valence-electron chi connectivity index (χ4n) is 3.60. The molecule has 1 aliphatic heterocycles. The summed E-state index contributed by atoms with van der Waals surface area (Å²) in [6, 6.07) is 18.1. The summed E-state index contributed by atoms with van der Waals surface area (Å²) >= 11 is 1.77. The molecule has 0 bridgehead atoms. The van der Waals surface area contributed by atoms with Gasteiger partial charge in [-0.2, -0.15) is 0 Å². The second-order valence-corrected chi connectivity index (χ2v) is 8.36. The summed E-state index contributed by atoms with van der Waals surface area (Å²) in [5, 5.41) is 1.08. The maximum absolute atomic E-state index is 5.78. The molecule has 0 amide bonds. The van der Waals surface area contributed by atoms with Crippen LogP contribution in [0.1, 0.15) is 16.1 Å². The molecule has 5 nitrogen and oxygen atoms in total. The zero-order valence-corrected chi connectivity index (χ0v) is 16.8. The summed E-state index contributed by atoms with van der Waals surface area (Å²) in [7, 11) is 0. The van der Waals surface area contributed by atoms with Crippen molar-refractivity contribution in [1.82, 2.24) is 19.9 Å². The van der Waals surface area contributed by atoms with Crippen LogP contribution in [-0.2, 0) is 19.5 Å². The van der Waals surface area contributed by atoms with E-state index in [1.807, 2.05) is 42.7 Å². The van der Waals surface area contributed by atoms with Crippen LogP contribution in [0.3, 0.4) is 0 Å². The Labute approximate surface area is 173 Å². The minimum atomic E-state index is 0.751. The minimum Gasteiger partial charge on any atom is -0.399 e. The van der Waals surface area contributed by atoms with Gasteiger partial charge in [0.2, 0.25) is 0 Å². The number of thiazole rings is 1. The van der Waals surface area contributed by atoms with Crippen molar-refractivity contribution in [2.45, 2.75) is 19.5 Å². The lowest BCUT2D eigenvalue weighted by atomic mass is 10.1. The largest absolute Gasteiger partial charge is 0.399 e. The molecule has 0 fully saturated rings. The van der Waals surface area contributed by atoms with E-state index in [2.05, 4.69) is 39.1 Å². The third kappa shape index (κ3) is 3.90. The molecule has 0 spiro atoms. The van der Waals surface area contributed by atoms with E-state index in [4.69, 9.17) is 10.7 Å². The maximum Gasteiger partial charge on any atom is 0.159 e. The number of aromatic nitrogens is 3. The van der Waals surface area contributed by atoms with Crippen molar-refractivity contribution in [2.75, 3.05) is 12.3 Å². The third-order valence-corrected chi connectivity index (χ3v) is 6.17. The van der Waals surface area contributed by atoms with Crippen molar-refractivity contribution in [1.29, 1.82) is 0 Å². The molecule has 1 aliphatic rings. The van der Waals surface area contributed by atoms with Gasteiger partial charge in [0.25, 0.3) is 0 Å². The summed E-state index contributed by atoms with van der Waals surface area (Å²) < 4.78 is 0. The minimum absolute atomic E-state index is 0.751. The Balaban J connectivity index is 1.29. The first-order chi connectivity index (χ1) is 14.2. The van der Waals surface area contributed by atoms with E-state index in [0.29, 0.717) is 0 Å². The summed E-state index contributed by atoms with van der Waals surface area (Å²) in [5.41, 5.74) is 11.1. The highest BCUT2D eigenvalue weighted by molar-refractivity contribution is 7.15. The molecule has 2 N–H and O–H groups in total. The van der Waals surface area contributed by atoms with Crippen LogP contribution < -0.4 is 5.73 Å².